The fourth-order valence-corrected chi connectivity index (χ4v) is 4.92. The summed E-state index contributed by atoms with van der Waals surface area (Å²) in [6.07, 6.45) is 1.71. The summed E-state index contributed by atoms with van der Waals surface area (Å²) < 4.78 is 33.0. The number of aromatic nitrogens is 3. The van der Waals surface area contributed by atoms with Crippen molar-refractivity contribution in [3.63, 3.8) is 0 Å². The first-order chi connectivity index (χ1) is 16.5. The van der Waals surface area contributed by atoms with Gasteiger partial charge in [-0.2, -0.15) is 8.42 Å². The molecule has 0 saturated heterocycles. The van der Waals surface area contributed by atoms with Gasteiger partial charge in [0.1, 0.15) is 16.3 Å². The maximum atomic E-state index is 11.0. The molecule has 10 heteroatoms. The van der Waals surface area contributed by atoms with Crippen LogP contribution in [0.4, 0.5) is 11.5 Å². The highest BCUT2D eigenvalue weighted by molar-refractivity contribution is 7.87. The van der Waals surface area contributed by atoms with E-state index in [-0.39, 0.29) is 5.69 Å². The zero-order chi connectivity index (χ0) is 23.5. The monoisotopic (exact) mass is 489 g/mol. The first-order valence-corrected chi connectivity index (χ1v) is 12.6. The largest absolute Gasteiger partial charge is 0.365 e. The first kappa shape index (κ1) is 22.0. The lowest BCUT2D eigenvalue weighted by Crippen LogP contribution is -2.10. The molecule has 0 amide bonds. The van der Waals surface area contributed by atoms with Crippen molar-refractivity contribution in [2.24, 2.45) is 0 Å². The maximum Gasteiger partial charge on any atom is 0.357 e. The van der Waals surface area contributed by atoms with Crippen LogP contribution >= 0.6 is 11.3 Å². The summed E-state index contributed by atoms with van der Waals surface area (Å²) in [6, 6.07) is 22.4. The molecule has 2 aromatic carbocycles. The summed E-state index contributed by atoms with van der Waals surface area (Å²) in [5, 5.41) is 6.43. The molecular formula is C24H19N5O3S2. The molecule has 0 atom stereocenters. The Labute approximate surface area is 200 Å². The van der Waals surface area contributed by atoms with E-state index in [4.69, 9.17) is 14.5 Å². The highest BCUT2D eigenvalue weighted by Crippen LogP contribution is 2.38. The number of fused-ring (bicyclic) bond motifs is 1. The molecule has 3 heterocycles. The number of nitrogens with zero attached hydrogens (tertiary/aromatic N) is 3. The molecule has 0 fully saturated rings. The number of rotatable bonds is 7. The molecule has 0 aliphatic carbocycles. The smallest absolute Gasteiger partial charge is 0.357 e. The van der Waals surface area contributed by atoms with Gasteiger partial charge in [0.05, 0.1) is 11.1 Å². The van der Waals surface area contributed by atoms with Crippen LogP contribution in [0.25, 0.3) is 32.9 Å². The van der Waals surface area contributed by atoms with E-state index in [1.165, 1.54) is 0 Å². The summed E-state index contributed by atoms with van der Waals surface area (Å²) in [5.41, 5.74) is 3.98. The topological polar surface area (TPSA) is 117 Å². The van der Waals surface area contributed by atoms with Gasteiger partial charge >= 0.3 is 10.3 Å². The van der Waals surface area contributed by atoms with Crippen LogP contribution in [0.15, 0.2) is 84.4 Å². The fraction of sp³-hybridized carbons (Fsp3) is 0.0417. The lowest BCUT2D eigenvalue weighted by Gasteiger charge is -2.11. The van der Waals surface area contributed by atoms with Crippen molar-refractivity contribution in [3.8, 4) is 22.6 Å². The average molecular weight is 490 g/mol. The molecule has 0 radical (unpaired) electrons. The number of pyridine rings is 1. The van der Waals surface area contributed by atoms with Gasteiger partial charge in [0, 0.05) is 23.7 Å². The molecule has 3 N–H and O–H groups in total. The van der Waals surface area contributed by atoms with Crippen molar-refractivity contribution in [2.45, 2.75) is 6.54 Å². The van der Waals surface area contributed by atoms with Gasteiger partial charge in [-0.05, 0) is 35.4 Å². The molecule has 0 aliphatic rings. The predicted molar refractivity (Wildman–Crippen MR) is 135 cm³/mol. The minimum absolute atomic E-state index is 0.275. The van der Waals surface area contributed by atoms with Gasteiger partial charge < -0.3 is 5.32 Å². The molecule has 0 saturated carbocycles. The Morgan fingerprint density at radius 2 is 1.68 bits per heavy atom. The Morgan fingerprint density at radius 3 is 2.38 bits per heavy atom. The molecule has 34 heavy (non-hydrogen) atoms. The molecule has 0 spiro atoms. The van der Waals surface area contributed by atoms with Crippen LogP contribution in [-0.2, 0) is 16.8 Å². The number of anilines is 2. The third-order valence-electron chi connectivity index (χ3n) is 5.07. The first-order valence-electron chi connectivity index (χ1n) is 10.3. The summed E-state index contributed by atoms with van der Waals surface area (Å²) in [4.78, 5) is 14.8. The van der Waals surface area contributed by atoms with E-state index in [0.29, 0.717) is 23.9 Å². The van der Waals surface area contributed by atoms with E-state index < -0.39 is 10.3 Å². The number of thiophene rings is 1. The van der Waals surface area contributed by atoms with E-state index in [0.717, 1.165) is 26.9 Å². The molecule has 0 aliphatic heterocycles. The zero-order valence-corrected chi connectivity index (χ0v) is 19.3. The Bertz CT molecular complexity index is 1540. The zero-order valence-electron chi connectivity index (χ0n) is 17.7. The summed E-state index contributed by atoms with van der Waals surface area (Å²) in [6.45, 7) is 0.448. The molecule has 170 valence electrons. The van der Waals surface area contributed by atoms with Crippen LogP contribution in [0.3, 0.4) is 0 Å². The lowest BCUT2D eigenvalue weighted by molar-refractivity contribution is 0.489. The van der Waals surface area contributed by atoms with Crippen LogP contribution in [0.1, 0.15) is 5.56 Å². The van der Waals surface area contributed by atoms with Gasteiger partial charge in [0.25, 0.3) is 0 Å². The van der Waals surface area contributed by atoms with Crippen LogP contribution in [0.2, 0.25) is 0 Å². The molecule has 0 bridgehead atoms. The second-order valence-corrected chi connectivity index (χ2v) is 9.45. The highest BCUT2D eigenvalue weighted by Gasteiger charge is 2.16. The normalized spacial score (nSPS) is 11.4. The van der Waals surface area contributed by atoms with Crippen LogP contribution in [-0.4, -0.2) is 27.9 Å². The SMILES string of the molecule is O=S(=O)(O)Nc1ccc(CNc2nc(-c3ccccn3)nc3scc(-c4ccccc4)c23)cc1. The van der Waals surface area contributed by atoms with Gasteiger partial charge in [-0.1, -0.05) is 48.5 Å². The number of hydrogen-bond acceptors (Lipinski definition) is 7. The second kappa shape index (κ2) is 9.18. The van der Waals surface area contributed by atoms with Gasteiger partial charge in [-0.3, -0.25) is 14.3 Å². The molecular weight excluding hydrogens is 470 g/mol. The molecule has 0 unspecified atom stereocenters. The van der Waals surface area contributed by atoms with Crippen molar-refractivity contribution in [2.75, 3.05) is 10.0 Å². The van der Waals surface area contributed by atoms with Gasteiger partial charge in [0.2, 0.25) is 0 Å². The molecule has 3 aromatic heterocycles. The van der Waals surface area contributed by atoms with E-state index >= 15 is 0 Å². The Hall–Kier alpha value is -3.86. The number of nitrogens with one attached hydrogen (secondary N) is 2. The van der Waals surface area contributed by atoms with Gasteiger partial charge in [-0.25, -0.2) is 9.97 Å². The summed E-state index contributed by atoms with van der Waals surface area (Å²) in [7, 11) is -4.31. The van der Waals surface area contributed by atoms with Crippen LogP contribution in [0, 0.1) is 0 Å². The maximum absolute atomic E-state index is 11.0. The Kier molecular flexibility index (Phi) is 5.93. The van der Waals surface area contributed by atoms with Crippen LogP contribution < -0.4 is 10.0 Å². The van der Waals surface area contributed by atoms with Gasteiger partial charge in [-0.15, -0.1) is 11.3 Å². The predicted octanol–water partition coefficient (Wildman–Crippen LogP) is 5.25. The average Bonchev–Trinajstić information content (AvgIpc) is 3.28. The van der Waals surface area contributed by atoms with E-state index in [2.05, 4.69) is 27.8 Å². The standard InChI is InChI=1S/C24H19N5O3S2/c30-34(31,32)29-18-11-9-16(10-12-18)14-26-23-21-19(17-6-2-1-3-7-17)15-33-24(21)28-22(27-23)20-8-4-5-13-25-20/h1-13,15,29H,14H2,(H,26,27,28)(H,30,31,32). The lowest BCUT2D eigenvalue weighted by atomic mass is 10.1. The third-order valence-corrected chi connectivity index (χ3v) is 6.44. The van der Waals surface area contributed by atoms with Crippen molar-refractivity contribution in [3.05, 3.63) is 89.9 Å². The van der Waals surface area contributed by atoms with Gasteiger partial charge in [0.15, 0.2) is 5.82 Å². The highest BCUT2D eigenvalue weighted by atomic mass is 32.2. The van der Waals surface area contributed by atoms with E-state index in [1.807, 2.05) is 41.1 Å². The minimum Gasteiger partial charge on any atom is -0.365 e. The molecule has 5 aromatic rings. The number of benzene rings is 2. The quantitative estimate of drug-likeness (QED) is 0.267. The fourth-order valence-electron chi connectivity index (χ4n) is 3.53. The minimum atomic E-state index is -4.31. The van der Waals surface area contributed by atoms with E-state index in [1.54, 1.807) is 41.8 Å². The molecule has 5 rings (SSSR count). The van der Waals surface area contributed by atoms with Crippen LogP contribution in [0.5, 0.6) is 0 Å². The summed E-state index contributed by atoms with van der Waals surface area (Å²) in [5.74, 6) is 1.22. The number of hydrogen-bond donors (Lipinski definition) is 3. The van der Waals surface area contributed by atoms with Crippen molar-refractivity contribution in [1.29, 1.82) is 0 Å². The Morgan fingerprint density at radius 1 is 0.912 bits per heavy atom. The van der Waals surface area contributed by atoms with Crippen molar-refractivity contribution < 1.29 is 13.0 Å². The Balaban J connectivity index is 1.52. The third kappa shape index (κ3) is 4.88. The molecule has 8 nitrogen and oxygen atoms in total. The summed E-state index contributed by atoms with van der Waals surface area (Å²) >= 11 is 1.55. The second-order valence-electron chi connectivity index (χ2n) is 7.43. The van der Waals surface area contributed by atoms with E-state index in [9.17, 15) is 8.42 Å². The van der Waals surface area contributed by atoms with Crippen molar-refractivity contribution >= 4 is 43.4 Å². The van der Waals surface area contributed by atoms with Crippen molar-refractivity contribution in [1.82, 2.24) is 15.0 Å².